The smallest absolute Gasteiger partial charge is 0.272 e. The molecule has 3 aliphatic heterocycles. The van der Waals surface area contributed by atoms with Crippen LogP contribution < -0.4 is 30.6 Å². The number of piperazine rings is 1. The van der Waals surface area contributed by atoms with E-state index in [2.05, 4.69) is 35.4 Å². The van der Waals surface area contributed by atoms with E-state index in [0.29, 0.717) is 83.0 Å². The van der Waals surface area contributed by atoms with Crippen LogP contribution in [0, 0.1) is 0 Å². The van der Waals surface area contributed by atoms with Crippen LogP contribution in [0.2, 0.25) is 0 Å². The molecule has 8 rings (SSSR count). The van der Waals surface area contributed by atoms with Gasteiger partial charge in [0, 0.05) is 107 Å². The van der Waals surface area contributed by atoms with Crippen LogP contribution in [0.15, 0.2) is 83.9 Å². The molecule has 2 aromatic carbocycles. The number of benzene rings is 2. The average molecular weight is 928 g/mol. The summed E-state index contributed by atoms with van der Waals surface area (Å²) >= 11 is 0. The Kier molecular flexibility index (Phi) is 16.3. The summed E-state index contributed by atoms with van der Waals surface area (Å²) in [5, 5.41) is 6.30. The molecule has 0 aliphatic carbocycles. The molecule has 3 aliphatic rings. The molecule has 3 fully saturated rings. The molecule has 1 unspecified atom stereocenters. The number of amides is 3. The second kappa shape index (κ2) is 23.1. The number of likely N-dealkylation sites (tertiary alicyclic amines) is 2. The summed E-state index contributed by atoms with van der Waals surface area (Å²) < 4.78 is 17.3. The number of H-pyrrole nitrogens is 1. The number of aromatic amines is 1. The maximum atomic E-state index is 13.4. The number of nitrogens with zero attached hydrogens (tertiary/aromatic N) is 6. The highest BCUT2D eigenvalue weighted by atomic mass is 16.5. The molecule has 5 aromatic rings. The highest BCUT2D eigenvalue weighted by Gasteiger charge is 2.27. The molecule has 16 nitrogen and oxygen atoms in total. The van der Waals surface area contributed by atoms with Crippen molar-refractivity contribution in [1.29, 1.82) is 0 Å². The van der Waals surface area contributed by atoms with E-state index >= 15 is 0 Å². The predicted octanol–water partition coefficient (Wildman–Crippen LogP) is 5.16. The summed E-state index contributed by atoms with van der Waals surface area (Å²) in [4.78, 5) is 72.8. The predicted molar refractivity (Wildman–Crippen MR) is 262 cm³/mol. The summed E-state index contributed by atoms with van der Waals surface area (Å²) in [5.41, 5.74) is 7.38. The number of piperidine rings is 2. The Morgan fingerprint density at radius 1 is 0.853 bits per heavy atom. The lowest BCUT2D eigenvalue weighted by molar-refractivity contribution is -0.131. The van der Waals surface area contributed by atoms with E-state index in [-0.39, 0.29) is 41.8 Å². The number of carbonyl (C=O) groups is 3. The molecule has 1 atom stereocenters. The molecule has 0 bridgehead atoms. The number of rotatable bonds is 18. The fourth-order valence-electron chi connectivity index (χ4n) is 9.44. The van der Waals surface area contributed by atoms with Gasteiger partial charge < -0.3 is 44.5 Å². The number of pyridine rings is 3. The third-order valence-electron chi connectivity index (χ3n) is 13.3. The molecule has 360 valence electrons. The van der Waals surface area contributed by atoms with E-state index in [4.69, 9.17) is 14.2 Å². The van der Waals surface area contributed by atoms with Crippen molar-refractivity contribution in [3.05, 3.63) is 123 Å². The first kappa shape index (κ1) is 48.1. The fourth-order valence-corrected chi connectivity index (χ4v) is 9.44. The minimum atomic E-state index is -0.157. The van der Waals surface area contributed by atoms with Crippen LogP contribution in [0.5, 0.6) is 11.5 Å². The van der Waals surface area contributed by atoms with Crippen molar-refractivity contribution in [3.63, 3.8) is 0 Å². The highest BCUT2D eigenvalue weighted by Crippen LogP contribution is 2.29. The minimum absolute atomic E-state index is 0.00552. The molecule has 0 radical (unpaired) electrons. The van der Waals surface area contributed by atoms with Gasteiger partial charge in [0.1, 0.15) is 17.2 Å². The van der Waals surface area contributed by atoms with Gasteiger partial charge in [0.2, 0.25) is 5.91 Å². The topological polar surface area (TPSA) is 175 Å². The Hall–Kier alpha value is -6.36. The van der Waals surface area contributed by atoms with Crippen LogP contribution >= 0.6 is 0 Å². The fraction of sp³-hybridized carbons (Fsp3) is 0.462. The lowest BCUT2D eigenvalue weighted by Gasteiger charge is -2.36. The van der Waals surface area contributed by atoms with Gasteiger partial charge in [0.25, 0.3) is 17.4 Å². The van der Waals surface area contributed by atoms with Gasteiger partial charge in [-0.3, -0.25) is 29.1 Å². The first-order valence-electron chi connectivity index (χ1n) is 24.2. The van der Waals surface area contributed by atoms with Gasteiger partial charge in [0.15, 0.2) is 0 Å². The molecular weight excluding hydrogens is 863 g/mol. The standard InChI is InChI=1S/C52H65N9O7/c1-4-37-28-46-47(57-51(37)64)26-36(30-55-46)34-58-21-23-59(24-22-58)42-12-14-45(56-32-42)52(65)60-19-15-43(16-20-60)68-25-17-54-50(63)39-9-6-8-38(27-39)41-10-7-18-61(35-41)49(62)33-53-31-40-11-13-44(66-3)29-48(40)67-5-2/h6,8-9,11-14,26-30,32,41,43,53H,4-5,7,10,15-25,31,33-35H2,1-3H3,(H,54,63)(H,57,64). The van der Waals surface area contributed by atoms with Crippen molar-refractivity contribution < 1.29 is 28.6 Å². The van der Waals surface area contributed by atoms with Gasteiger partial charge in [-0.1, -0.05) is 25.1 Å². The largest absolute Gasteiger partial charge is 0.497 e. The number of aromatic nitrogens is 3. The maximum Gasteiger partial charge on any atom is 0.272 e. The molecule has 3 aromatic heterocycles. The van der Waals surface area contributed by atoms with Crippen LogP contribution in [0.4, 0.5) is 5.69 Å². The number of anilines is 1. The van der Waals surface area contributed by atoms with E-state index in [1.54, 1.807) is 13.3 Å². The number of nitrogens with one attached hydrogen (secondary N) is 3. The number of hydrogen-bond donors (Lipinski definition) is 3. The van der Waals surface area contributed by atoms with Gasteiger partial charge in [0.05, 0.1) is 55.9 Å². The van der Waals surface area contributed by atoms with Crippen LogP contribution in [-0.4, -0.2) is 139 Å². The first-order valence-corrected chi connectivity index (χ1v) is 24.2. The lowest BCUT2D eigenvalue weighted by atomic mass is 9.89. The molecule has 3 N–H and O–H groups in total. The molecular formula is C52H65N9O7. The summed E-state index contributed by atoms with van der Waals surface area (Å²) in [7, 11) is 1.62. The molecule has 3 saturated heterocycles. The molecule has 68 heavy (non-hydrogen) atoms. The van der Waals surface area contributed by atoms with Crippen LogP contribution in [0.3, 0.4) is 0 Å². The van der Waals surface area contributed by atoms with Gasteiger partial charge in [-0.2, -0.15) is 0 Å². The van der Waals surface area contributed by atoms with Crippen molar-refractivity contribution in [2.75, 3.05) is 90.7 Å². The van der Waals surface area contributed by atoms with Crippen LogP contribution in [0.25, 0.3) is 11.0 Å². The summed E-state index contributed by atoms with van der Waals surface area (Å²) in [5.74, 6) is 1.43. The summed E-state index contributed by atoms with van der Waals surface area (Å²) in [6.45, 7) is 12.6. The van der Waals surface area contributed by atoms with Gasteiger partial charge in [-0.15, -0.1) is 0 Å². The van der Waals surface area contributed by atoms with Crippen molar-refractivity contribution >= 4 is 34.4 Å². The SMILES string of the molecule is CCOc1cc(OC)ccc1CNCC(=O)N1CCCC(c2cccc(C(=O)NCCOC3CCN(C(=O)c4ccc(N5CCN(Cc6cnc7cc(CC)c(=O)[nH]c7c6)CC5)cn4)CC3)c2)C1. The Morgan fingerprint density at radius 3 is 2.46 bits per heavy atom. The highest BCUT2D eigenvalue weighted by molar-refractivity contribution is 5.94. The zero-order valence-corrected chi connectivity index (χ0v) is 39.6. The van der Waals surface area contributed by atoms with Crippen molar-refractivity contribution in [2.45, 2.75) is 71.1 Å². The van der Waals surface area contributed by atoms with Crippen molar-refractivity contribution in [2.24, 2.45) is 0 Å². The van der Waals surface area contributed by atoms with E-state index < -0.39 is 0 Å². The number of carbonyl (C=O) groups excluding carboxylic acids is 3. The molecule has 0 spiro atoms. The van der Waals surface area contributed by atoms with Crippen molar-refractivity contribution in [3.8, 4) is 11.5 Å². The van der Waals surface area contributed by atoms with E-state index in [9.17, 15) is 19.2 Å². The summed E-state index contributed by atoms with van der Waals surface area (Å²) in [6.07, 6.45) is 7.65. The number of ether oxygens (including phenoxy) is 3. The third-order valence-corrected chi connectivity index (χ3v) is 13.3. The minimum Gasteiger partial charge on any atom is -0.497 e. The van der Waals surface area contributed by atoms with Gasteiger partial charge in [-0.05, 0) is 92.6 Å². The van der Waals surface area contributed by atoms with E-state index in [1.807, 2.05) is 96.6 Å². The van der Waals surface area contributed by atoms with E-state index in [1.165, 1.54) is 0 Å². The molecule has 16 heteroatoms. The first-order chi connectivity index (χ1) is 33.2. The Morgan fingerprint density at radius 2 is 1.69 bits per heavy atom. The Balaban J connectivity index is 0.716. The molecule has 0 saturated carbocycles. The third kappa shape index (κ3) is 12.2. The second-order valence-corrected chi connectivity index (χ2v) is 17.9. The maximum absolute atomic E-state index is 13.4. The van der Waals surface area contributed by atoms with Crippen molar-refractivity contribution in [1.82, 2.24) is 40.3 Å². The number of aryl methyl sites for hydroxylation is 1. The zero-order chi connectivity index (χ0) is 47.4. The quantitative estimate of drug-likeness (QED) is 0.0988. The normalized spacial score (nSPS) is 17.0. The van der Waals surface area contributed by atoms with Gasteiger partial charge in [-0.25, -0.2) is 4.98 Å². The molecule has 3 amide bonds. The number of hydrogen-bond acceptors (Lipinski definition) is 12. The zero-order valence-electron chi connectivity index (χ0n) is 39.6. The number of methoxy groups -OCH3 is 1. The second-order valence-electron chi connectivity index (χ2n) is 17.9. The van der Waals surface area contributed by atoms with Crippen LogP contribution in [0.1, 0.15) is 88.5 Å². The monoisotopic (exact) mass is 928 g/mol. The number of fused-ring (bicyclic) bond motifs is 1. The molecule has 6 heterocycles. The summed E-state index contributed by atoms with van der Waals surface area (Å²) in [6, 6.07) is 21.1. The van der Waals surface area contributed by atoms with Crippen LogP contribution in [-0.2, 0) is 29.0 Å². The Bertz CT molecular complexity index is 2570. The van der Waals surface area contributed by atoms with E-state index in [0.717, 1.165) is 96.0 Å². The average Bonchev–Trinajstić information content (AvgIpc) is 3.38. The Labute approximate surface area is 398 Å². The lowest BCUT2D eigenvalue weighted by Crippen LogP contribution is -2.46. The van der Waals surface area contributed by atoms with Gasteiger partial charge >= 0.3 is 0 Å².